The second-order valence-electron chi connectivity index (χ2n) is 4.70. The molecule has 3 heteroatoms. The van der Waals surface area contributed by atoms with Crippen molar-refractivity contribution in [1.82, 2.24) is 5.32 Å². The van der Waals surface area contributed by atoms with E-state index in [9.17, 15) is 4.39 Å². The lowest BCUT2D eigenvalue weighted by Crippen LogP contribution is -2.24. The Kier molecular flexibility index (Phi) is 3.82. The fourth-order valence-electron chi connectivity index (χ4n) is 1.81. The summed E-state index contributed by atoms with van der Waals surface area (Å²) < 4.78 is 13.6. The molecule has 1 N–H and O–H groups in total. The van der Waals surface area contributed by atoms with Crippen LogP contribution in [-0.2, 0) is 6.42 Å². The van der Waals surface area contributed by atoms with Crippen LogP contribution >= 0.6 is 11.6 Å². The van der Waals surface area contributed by atoms with Gasteiger partial charge < -0.3 is 5.32 Å². The van der Waals surface area contributed by atoms with Gasteiger partial charge >= 0.3 is 0 Å². The highest BCUT2D eigenvalue weighted by Gasteiger charge is 2.21. The lowest BCUT2D eigenvalue weighted by atomic mass is 10.0. The minimum atomic E-state index is -0.262. The molecule has 0 radical (unpaired) electrons. The molecule has 0 spiro atoms. The van der Waals surface area contributed by atoms with Gasteiger partial charge in [-0.25, -0.2) is 4.39 Å². The minimum absolute atomic E-state index is 0.222. The maximum atomic E-state index is 13.6. The Morgan fingerprint density at radius 3 is 2.94 bits per heavy atom. The van der Waals surface area contributed by atoms with Crippen molar-refractivity contribution in [3.8, 4) is 0 Å². The molecule has 0 amide bonds. The summed E-state index contributed by atoms with van der Waals surface area (Å²) in [5, 5.41) is 3.68. The van der Waals surface area contributed by atoms with Gasteiger partial charge in [-0.2, -0.15) is 0 Å². The summed E-state index contributed by atoms with van der Waals surface area (Å²) in [7, 11) is 0. The summed E-state index contributed by atoms with van der Waals surface area (Å²) in [6.07, 6.45) is 3.32. The van der Waals surface area contributed by atoms with Crippen molar-refractivity contribution in [3.63, 3.8) is 0 Å². The van der Waals surface area contributed by atoms with Gasteiger partial charge in [0.25, 0.3) is 0 Å². The van der Waals surface area contributed by atoms with Crippen LogP contribution in [0.2, 0.25) is 5.02 Å². The largest absolute Gasteiger partial charge is 0.314 e. The van der Waals surface area contributed by atoms with E-state index >= 15 is 0 Å². The lowest BCUT2D eigenvalue weighted by molar-refractivity contribution is 0.495. The standard InChI is InChI=1S/C13H17ClFN/c1-9(8-16-11-5-6-11)7-10-3-2-4-12(14)13(10)15/h2-4,9,11,16H,5-8H2,1H3. The molecule has 1 saturated carbocycles. The summed E-state index contributed by atoms with van der Waals surface area (Å²) >= 11 is 5.74. The monoisotopic (exact) mass is 241 g/mol. The van der Waals surface area contributed by atoms with Gasteiger partial charge in [0, 0.05) is 6.04 Å². The highest BCUT2D eigenvalue weighted by Crippen LogP contribution is 2.22. The van der Waals surface area contributed by atoms with Crippen LogP contribution in [0.5, 0.6) is 0 Å². The molecule has 1 aliphatic rings. The highest BCUT2D eigenvalue weighted by molar-refractivity contribution is 6.30. The molecular formula is C13H17ClFN. The number of rotatable bonds is 5. The van der Waals surface area contributed by atoms with Crippen molar-refractivity contribution in [2.75, 3.05) is 6.54 Å². The number of hydrogen-bond donors (Lipinski definition) is 1. The van der Waals surface area contributed by atoms with Crippen LogP contribution < -0.4 is 5.32 Å². The third-order valence-corrected chi connectivity index (χ3v) is 3.22. The summed E-state index contributed by atoms with van der Waals surface area (Å²) in [5.74, 6) is 0.177. The zero-order chi connectivity index (χ0) is 11.5. The van der Waals surface area contributed by atoms with Crippen LogP contribution in [0.1, 0.15) is 25.3 Å². The first-order valence-electron chi connectivity index (χ1n) is 5.83. The molecule has 0 bridgehead atoms. The molecule has 2 rings (SSSR count). The summed E-state index contributed by atoms with van der Waals surface area (Å²) in [6, 6.07) is 5.93. The Hall–Kier alpha value is -0.600. The van der Waals surface area contributed by atoms with Crippen LogP contribution in [0.15, 0.2) is 18.2 Å². The SMILES string of the molecule is CC(CNC1CC1)Cc1cccc(Cl)c1F. The molecule has 0 heterocycles. The Morgan fingerprint density at radius 2 is 2.25 bits per heavy atom. The zero-order valence-corrected chi connectivity index (χ0v) is 10.2. The number of benzene rings is 1. The zero-order valence-electron chi connectivity index (χ0n) is 9.47. The van der Waals surface area contributed by atoms with Crippen LogP contribution in [0, 0.1) is 11.7 Å². The third-order valence-electron chi connectivity index (χ3n) is 2.93. The molecule has 1 unspecified atom stereocenters. The fraction of sp³-hybridized carbons (Fsp3) is 0.538. The first-order chi connectivity index (χ1) is 7.66. The second kappa shape index (κ2) is 5.15. The average molecular weight is 242 g/mol. The van der Waals surface area contributed by atoms with Gasteiger partial charge in [-0.3, -0.25) is 0 Å². The molecule has 1 aliphatic carbocycles. The lowest BCUT2D eigenvalue weighted by Gasteiger charge is -2.13. The second-order valence-corrected chi connectivity index (χ2v) is 5.11. The Labute approximate surface area is 101 Å². The van der Waals surface area contributed by atoms with Gasteiger partial charge in [-0.05, 0) is 43.4 Å². The van der Waals surface area contributed by atoms with E-state index in [4.69, 9.17) is 11.6 Å². The number of nitrogens with one attached hydrogen (secondary N) is 1. The predicted octanol–water partition coefficient (Wildman–Crippen LogP) is 3.41. The quantitative estimate of drug-likeness (QED) is 0.833. The smallest absolute Gasteiger partial charge is 0.144 e. The molecule has 16 heavy (non-hydrogen) atoms. The van der Waals surface area contributed by atoms with E-state index in [0.29, 0.717) is 12.0 Å². The van der Waals surface area contributed by atoms with E-state index < -0.39 is 0 Å². The number of halogens is 2. The van der Waals surface area contributed by atoms with Crippen molar-refractivity contribution < 1.29 is 4.39 Å². The maximum Gasteiger partial charge on any atom is 0.144 e. The first-order valence-corrected chi connectivity index (χ1v) is 6.21. The van der Waals surface area contributed by atoms with Crippen LogP contribution in [0.25, 0.3) is 0 Å². The van der Waals surface area contributed by atoms with E-state index in [1.54, 1.807) is 6.07 Å². The topological polar surface area (TPSA) is 12.0 Å². The molecule has 0 aromatic heterocycles. The van der Waals surface area contributed by atoms with E-state index in [-0.39, 0.29) is 10.8 Å². The Morgan fingerprint density at radius 1 is 1.50 bits per heavy atom. The predicted molar refractivity (Wildman–Crippen MR) is 65.3 cm³/mol. The Balaban J connectivity index is 1.88. The molecule has 1 fully saturated rings. The normalized spacial score (nSPS) is 17.4. The third kappa shape index (κ3) is 3.19. The van der Waals surface area contributed by atoms with Crippen molar-refractivity contribution in [2.45, 2.75) is 32.2 Å². The van der Waals surface area contributed by atoms with E-state index in [2.05, 4.69) is 12.2 Å². The van der Waals surface area contributed by atoms with Crippen molar-refractivity contribution in [1.29, 1.82) is 0 Å². The van der Waals surface area contributed by atoms with Crippen molar-refractivity contribution in [3.05, 3.63) is 34.6 Å². The summed E-state index contributed by atoms with van der Waals surface area (Å²) in [4.78, 5) is 0. The molecule has 88 valence electrons. The maximum absolute atomic E-state index is 13.6. The van der Waals surface area contributed by atoms with E-state index in [1.807, 2.05) is 12.1 Å². The molecule has 0 aliphatic heterocycles. The molecule has 1 nitrogen and oxygen atoms in total. The van der Waals surface area contributed by atoms with E-state index in [0.717, 1.165) is 18.5 Å². The average Bonchev–Trinajstić information content (AvgIpc) is 3.06. The summed E-state index contributed by atoms with van der Waals surface area (Å²) in [5.41, 5.74) is 0.720. The van der Waals surface area contributed by atoms with Crippen LogP contribution in [-0.4, -0.2) is 12.6 Å². The molecule has 0 saturated heterocycles. The van der Waals surface area contributed by atoms with E-state index in [1.165, 1.54) is 12.8 Å². The Bertz CT molecular complexity index is 363. The van der Waals surface area contributed by atoms with Gasteiger partial charge in [0.2, 0.25) is 0 Å². The van der Waals surface area contributed by atoms with Crippen LogP contribution in [0.3, 0.4) is 0 Å². The minimum Gasteiger partial charge on any atom is -0.314 e. The molecule has 1 aromatic carbocycles. The molecular weight excluding hydrogens is 225 g/mol. The molecule has 1 aromatic rings. The van der Waals surface area contributed by atoms with Crippen molar-refractivity contribution in [2.24, 2.45) is 5.92 Å². The van der Waals surface area contributed by atoms with Gasteiger partial charge in [-0.1, -0.05) is 30.7 Å². The van der Waals surface area contributed by atoms with Gasteiger partial charge in [0.05, 0.1) is 5.02 Å². The van der Waals surface area contributed by atoms with Gasteiger partial charge in [0.1, 0.15) is 5.82 Å². The van der Waals surface area contributed by atoms with Gasteiger partial charge in [-0.15, -0.1) is 0 Å². The van der Waals surface area contributed by atoms with Gasteiger partial charge in [0.15, 0.2) is 0 Å². The summed E-state index contributed by atoms with van der Waals surface area (Å²) in [6.45, 7) is 3.09. The van der Waals surface area contributed by atoms with Crippen molar-refractivity contribution >= 4 is 11.6 Å². The molecule has 1 atom stereocenters. The fourth-order valence-corrected chi connectivity index (χ4v) is 2.00. The highest BCUT2D eigenvalue weighted by atomic mass is 35.5. The first kappa shape index (κ1) is 11.9. The van der Waals surface area contributed by atoms with Crippen LogP contribution in [0.4, 0.5) is 4.39 Å². The number of hydrogen-bond acceptors (Lipinski definition) is 1.